The first-order valence-electron chi connectivity index (χ1n) is 6.23. The van der Waals surface area contributed by atoms with Gasteiger partial charge in [-0.3, -0.25) is 4.79 Å². The molecule has 0 saturated heterocycles. The van der Waals surface area contributed by atoms with Crippen molar-refractivity contribution >= 4 is 29.3 Å². The fourth-order valence-corrected chi connectivity index (χ4v) is 2.73. The maximum Gasteiger partial charge on any atom is 0.328 e. The van der Waals surface area contributed by atoms with E-state index in [-0.39, 0.29) is 5.91 Å². The number of aromatic nitrogens is 2. The molecule has 0 unspecified atom stereocenters. The quantitative estimate of drug-likeness (QED) is 0.825. The first-order chi connectivity index (χ1) is 9.97. The van der Waals surface area contributed by atoms with Gasteiger partial charge in [-0.05, 0) is 24.6 Å². The Labute approximate surface area is 125 Å². The number of hydrogen-bond donors (Lipinski definition) is 2. The van der Waals surface area contributed by atoms with Crippen molar-refractivity contribution < 1.29 is 14.7 Å². The molecule has 0 aliphatic rings. The Morgan fingerprint density at radius 2 is 2.29 bits per heavy atom. The molecule has 0 aromatic carbocycles. The number of nitrogens with one attached hydrogen (secondary N) is 1. The third-order valence-corrected chi connectivity index (χ3v) is 4.09. The summed E-state index contributed by atoms with van der Waals surface area (Å²) in [4.78, 5) is 28.0. The van der Waals surface area contributed by atoms with Gasteiger partial charge in [-0.2, -0.15) is 0 Å². The number of carboxylic acid groups (broad SMARTS) is 1. The van der Waals surface area contributed by atoms with Crippen molar-refractivity contribution in [2.45, 2.75) is 13.5 Å². The van der Waals surface area contributed by atoms with Crippen LogP contribution in [-0.2, 0) is 18.4 Å². The van der Waals surface area contributed by atoms with Crippen molar-refractivity contribution in [3.8, 4) is 0 Å². The molecule has 2 rings (SSSR count). The lowest BCUT2D eigenvalue weighted by Crippen LogP contribution is -2.23. The Balaban J connectivity index is 2.04. The number of amides is 1. The Bertz CT molecular complexity index is 700. The zero-order chi connectivity index (χ0) is 15.4. The molecule has 0 bridgehead atoms. The van der Waals surface area contributed by atoms with E-state index in [1.54, 1.807) is 12.3 Å². The van der Waals surface area contributed by atoms with Gasteiger partial charge in [-0.15, -0.1) is 11.3 Å². The largest absolute Gasteiger partial charge is 0.478 e. The molecule has 110 valence electrons. The van der Waals surface area contributed by atoms with Crippen molar-refractivity contribution in [2.75, 3.05) is 0 Å². The van der Waals surface area contributed by atoms with E-state index in [9.17, 15) is 9.59 Å². The second-order valence-corrected chi connectivity index (χ2v) is 5.55. The van der Waals surface area contributed by atoms with Gasteiger partial charge in [0.1, 0.15) is 5.82 Å². The van der Waals surface area contributed by atoms with Crippen LogP contribution >= 0.6 is 11.3 Å². The SMILES string of the molecule is Cc1cc(C(=O)NCc2nccn2C)sc1/C=C/C(=O)O. The monoisotopic (exact) mass is 305 g/mol. The Morgan fingerprint density at radius 3 is 2.90 bits per heavy atom. The van der Waals surface area contributed by atoms with Crippen LogP contribution < -0.4 is 5.32 Å². The normalized spacial score (nSPS) is 11.0. The number of aryl methyl sites for hydroxylation is 2. The van der Waals surface area contributed by atoms with E-state index in [4.69, 9.17) is 5.11 Å². The number of hydrogen-bond acceptors (Lipinski definition) is 4. The van der Waals surface area contributed by atoms with E-state index < -0.39 is 5.97 Å². The summed E-state index contributed by atoms with van der Waals surface area (Å²) < 4.78 is 1.83. The van der Waals surface area contributed by atoms with Crippen LogP contribution in [0.3, 0.4) is 0 Å². The molecule has 1 amide bonds. The molecule has 2 aromatic rings. The van der Waals surface area contributed by atoms with Crippen LogP contribution in [0.2, 0.25) is 0 Å². The highest BCUT2D eigenvalue weighted by molar-refractivity contribution is 7.15. The molecule has 2 aromatic heterocycles. The highest BCUT2D eigenvalue weighted by Crippen LogP contribution is 2.23. The van der Waals surface area contributed by atoms with Gasteiger partial charge >= 0.3 is 5.97 Å². The first kappa shape index (κ1) is 15.0. The van der Waals surface area contributed by atoms with Crippen molar-refractivity contribution in [1.29, 1.82) is 0 Å². The van der Waals surface area contributed by atoms with Gasteiger partial charge < -0.3 is 15.0 Å². The van der Waals surface area contributed by atoms with Gasteiger partial charge in [0, 0.05) is 30.4 Å². The second-order valence-electron chi connectivity index (χ2n) is 4.47. The Morgan fingerprint density at radius 1 is 1.52 bits per heavy atom. The summed E-state index contributed by atoms with van der Waals surface area (Å²) in [7, 11) is 1.86. The number of carboxylic acids is 1. The molecule has 0 radical (unpaired) electrons. The predicted molar refractivity (Wildman–Crippen MR) is 80.1 cm³/mol. The van der Waals surface area contributed by atoms with E-state index in [1.165, 1.54) is 17.4 Å². The smallest absolute Gasteiger partial charge is 0.328 e. The molecule has 7 heteroatoms. The van der Waals surface area contributed by atoms with E-state index >= 15 is 0 Å². The van der Waals surface area contributed by atoms with Crippen molar-refractivity contribution in [1.82, 2.24) is 14.9 Å². The number of aliphatic carboxylic acids is 1. The standard InChI is InChI=1S/C14H15N3O3S/c1-9-7-11(21-10(9)3-4-13(18)19)14(20)16-8-12-15-5-6-17(12)2/h3-7H,8H2,1-2H3,(H,16,20)(H,18,19)/b4-3+. The summed E-state index contributed by atoms with van der Waals surface area (Å²) in [5.41, 5.74) is 0.875. The van der Waals surface area contributed by atoms with Crippen LogP contribution in [0.1, 0.15) is 25.9 Å². The maximum absolute atomic E-state index is 12.1. The average molecular weight is 305 g/mol. The fraction of sp³-hybridized carbons (Fsp3) is 0.214. The van der Waals surface area contributed by atoms with E-state index in [0.29, 0.717) is 11.4 Å². The van der Waals surface area contributed by atoms with Crippen LogP contribution in [0, 0.1) is 6.92 Å². The molecule has 2 N–H and O–H groups in total. The first-order valence-corrected chi connectivity index (χ1v) is 7.05. The topological polar surface area (TPSA) is 84.2 Å². The predicted octanol–water partition coefficient (Wildman–Crippen LogP) is 1.82. The number of carbonyl (C=O) groups excluding carboxylic acids is 1. The van der Waals surface area contributed by atoms with Crippen LogP contribution in [-0.4, -0.2) is 26.5 Å². The van der Waals surface area contributed by atoms with Gasteiger partial charge in [0.2, 0.25) is 0 Å². The molecule has 2 heterocycles. The van der Waals surface area contributed by atoms with Crippen molar-refractivity contribution in [2.24, 2.45) is 7.05 Å². The zero-order valence-corrected chi connectivity index (χ0v) is 12.5. The van der Waals surface area contributed by atoms with Gasteiger partial charge in [0.15, 0.2) is 0 Å². The third-order valence-electron chi connectivity index (χ3n) is 2.89. The zero-order valence-electron chi connectivity index (χ0n) is 11.7. The average Bonchev–Trinajstić information content (AvgIpc) is 3.00. The fourth-order valence-electron chi connectivity index (χ4n) is 1.73. The van der Waals surface area contributed by atoms with Gasteiger partial charge in [0.25, 0.3) is 5.91 Å². The van der Waals surface area contributed by atoms with Gasteiger partial charge in [0.05, 0.1) is 11.4 Å². The molecule has 0 atom stereocenters. The molecule has 0 aliphatic carbocycles. The number of carbonyl (C=O) groups is 2. The molecule has 6 nitrogen and oxygen atoms in total. The molecule has 0 spiro atoms. The highest BCUT2D eigenvalue weighted by atomic mass is 32.1. The molecule has 0 saturated carbocycles. The minimum absolute atomic E-state index is 0.193. The van der Waals surface area contributed by atoms with E-state index in [1.807, 2.05) is 24.7 Å². The Kier molecular flexibility index (Phi) is 4.54. The minimum Gasteiger partial charge on any atom is -0.478 e. The van der Waals surface area contributed by atoms with Crippen LogP contribution in [0.25, 0.3) is 6.08 Å². The highest BCUT2D eigenvalue weighted by Gasteiger charge is 2.12. The molecule has 0 fully saturated rings. The second kappa shape index (κ2) is 6.36. The molecular formula is C14H15N3O3S. The minimum atomic E-state index is -1.01. The summed E-state index contributed by atoms with van der Waals surface area (Å²) in [5.74, 6) is -0.438. The molecule has 0 aliphatic heterocycles. The number of rotatable bonds is 5. The van der Waals surface area contributed by atoms with Crippen LogP contribution in [0.15, 0.2) is 24.5 Å². The summed E-state index contributed by atoms with van der Waals surface area (Å²) in [6, 6.07) is 1.75. The van der Waals surface area contributed by atoms with Gasteiger partial charge in [-0.1, -0.05) is 0 Å². The summed E-state index contributed by atoms with van der Waals surface area (Å²) in [5, 5.41) is 11.4. The number of imidazole rings is 1. The number of nitrogens with zero attached hydrogens (tertiary/aromatic N) is 2. The molecule has 21 heavy (non-hydrogen) atoms. The maximum atomic E-state index is 12.1. The van der Waals surface area contributed by atoms with Gasteiger partial charge in [-0.25, -0.2) is 9.78 Å². The van der Waals surface area contributed by atoms with Crippen LogP contribution in [0.5, 0.6) is 0 Å². The summed E-state index contributed by atoms with van der Waals surface area (Å²) in [6.45, 7) is 2.19. The lowest BCUT2D eigenvalue weighted by molar-refractivity contribution is -0.131. The number of thiophene rings is 1. The van der Waals surface area contributed by atoms with Crippen molar-refractivity contribution in [3.05, 3.63) is 45.7 Å². The van der Waals surface area contributed by atoms with Crippen LogP contribution in [0.4, 0.5) is 0 Å². The third kappa shape index (κ3) is 3.79. The summed E-state index contributed by atoms with van der Waals surface area (Å²) >= 11 is 1.26. The molecular weight excluding hydrogens is 290 g/mol. The Hall–Kier alpha value is -2.41. The lowest BCUT2D eigenvalue weighted by atomic mass is 10.2. The summed E-state index contributed by atoms with van der Waals surface area (Å²) in [6.07, 6.45) is 6.05. The van der Waals surface area contributed by atoms with Crippen molar-refractivity contribution in [3.63, 3.8) is 0 Å². The lowest BCUT2D eigenvalue weighted by Gasteiger charge is -2.03. The van der Waals surface area contributed by atoms with E-state index in [2.05, 4.69) is 10.3 Å². The van der Waals surface area contributed by atoms with E-state index in [0.717, 1.165) is 22.3 Å².